The van der Waals surface area contributed by atoms with Gasteiger partial charge in [-0.1, -0.05) is 0 Å². The lowest BCUT2D eigenvalue weighted by atomic mass is 10.1. The third-order valence-corrected chi connectivity index (χ3v) is 3.03. The summed E-state index contributed by atoms with van der Waals surface area (Å²) in [5, 5.41) is 4.17. The molecule has 0 unspecified atom stereocenters. The second-order valence-corrected chi connectivity index (χ2v) is 4.41. The molecule has 0 aliphatic carbocycles. The van der Waals surface area contributed by atoms with Crippen LogP contribution in [0.25, 0.3) is 11.3 Å². The van der Waals surface area contributed by atoms with E-state index in [1.165, 1.54) is 10.7 Å². The average molecular weight is 263 g/mol. The molecule has 19 heavy (non-hydrogen) atoms. The minimum Gasteiger partial charge on any atom is -0.490 e. The SMILES string of the molecule is Cn1nc(-c2cc3c(cc2F)OCCCO3)cc1N. The maximum Gasteiger partial charge on any atom is 0.164 e. The van der Waals surface area contributed by atoms with Gasteiger partial charge in [-0.2, -0.15) is 5.10 Å². The number of ether oxygens (including phenoxy) is 2. The van der Waals surface area contributed by atoms with E-state index in [9.17, 15) is 4.39 Å². The van der Waals surface area contributed by atoms with Crippen LogP contribution in [0.15, 0.2) is 18.2 Å². The van der Waals surface area contributed by atoms with Crippen molar-refractivity contribution in [2.75, 3.05) is 18.9 Å². The Hall–Kier alpha value is -2.24. The van der Waals surface area contributed by atoms with E-state index in [0.29, 0.717) is 41.8 Å². The zero-order chi connectivity index (χ0) is 13.4. The van der Waals surface area contributed by atoms with Gasteiger partial charge in [-0.3, -0.25) is 4.68 Å². The van der Waals surface area contributed by atoms with E-state index in [-0.39, 0.29) is 0 Å². The van der Waals surface area contributed by atoms with Gasteiger partial charge < -0.3 is 15.2 Å². The summed E-state index contributed by atoms with van der Waals surface area (Å²) in [6.07, 6.45) is 0.780. The van der Waals surface area contributed by atoms with Crippen molar-refractivity contribution in [3.63, 3.8) is 0 Å². The number of nitrogens with two attached hydrogens (primary N) is 1. The smallest absolute Gasteiger partial charge is 0.164 e. The Morgan fingerprint density at radius 1 is 1.21 bits per heavy atom. The third kappa shape index (κ3) is 2.09. The van der Waals surface area contributed by atoms with Gasteiger partial charge in [0.15, 0.2) is 11.5 Å². The summed E-state index contributed by atoms with van der Waals surface area (Å²) in [4.78, 5) is 0. The summed E-state index contributed by atoms with van der Waals surface area (Å²) in [7, 11) is 1.71. The Kier molecular flexibility index (Phi) is 2.77. The zero-order valence-corrected chi connectivity index (χ0v) is 10.5. The summed E-state index contributed by atoms with van der Waals surface area (Å²) in [6, 6.07) is 4.57. The standard InChI is InChI=1S/C13H14FN3O2/c1-17-13(15)7-10(16-17)8-5-11-12(6-9(8)14)19-4-2-3-18-11/h5-7H,2-4,15H2,1H3. The molecular formula is C13H14FN3O2. The molecule has 0 saturated heterocycles. The topological polar surface area (TPSA) is 62.3 Å². The number of nitrogens with zero attached hydrogens (tertiary/aromatic N) is 2. The summed E-state index contributed by atoms with van der Waals surface area (Å²) in [5.74, 6) is 1.05. The van der Waals surface area contributed by atoms with Crippen LogP contribution in [0.4, 0.5) is 10.2 Å². The number of anilines is 1. The molecule has 2 heterocycles. The normalized spacial score (nSPS) is 14.2. The molecule has 0 spiro atoms. The highest BCUT2D eigenvalue weighted by Crippen LogP contribution is 2.36. The van der Waals surface area contributed by atoms with Crippen molar-refractivity contribution >= 4 is 5.82 Å². The van der Waals surface area contributed by atoms with Crippen LogP contribution in [0.5, 0.6) is 11.5 Å². The number of halogens is 1. The van der Waals surface area contributed by atoms with Crippen LogP contribution in [0.2, 0.25) is 0 Å². The number of rotatable bonds is 1. The monoisotopic (exact) mass is 263 g/mol. The fourth-order valence-electron chi connectivity index (χ4n) is 1.99. The van der Waals surface area contributed by atoms with Crippen LogP contribution in [-0.4, -0.2) is 23.0 Å². The van der Waals surface area contributed by atoms with E-state index >= 15 is 0 Å². The molecule has 1 aromatic heterocycles. The summed E-state index contributed by atoms with van der Waals surface area (Å²) in [5.41, 5.74) is 6.55. The number of fused-ring (bicyclic) bond motifs is 1. The molecule has 0 saturated carbocycles. The lowest BCUT2D eigenvalue weighted by Crippen LogP contribution is -1.97. The highest BCUT2D eigenvalue weighted by molar-refractivity contribution is 5.67. The van der Waals surface area contributed by atoms with Crippen LogP contribution in [0.3, 0.4) is 0 Å². The molecule has 0 radical (unpaired) electrons. The van der Waals surface area contributed by atoms with Gasteiger partial charge in [-0.15, -0.1) is 0 Å². The van der Waals surface area contributed by atoms with Gasteiger partial charge in [0.25, 0.3) is 0 Å². The van der Waals surface area contributed by atoms with Gasteiger partial charge in [-0.25, -0.2) is 4.39 Å². The molecule has 0 amide bonds. The lowest BCUT2D eigenvalue weighted by Gasteiger charge is -2.09. The van der Waals surface area contributed by atoms with E-state index in [2.05, 4.69) is 5.10 Å². The Morgan fingerprint density at radius 3 is 2.53 bits per heavy atom. The molecule has 1 aliphatic rings. The number of aryl methyl sites for hydroxylation is 1. The van der Waals surface area contributed by atoms with Crippen molar-refractivity contribution in [3.8, 4) is 22.8 Å². The van der Waals surface area contributed by atoms with Crippen LogP contribution in [0, 0.1) is 5.82 Å². The Labute approximate surface area is 109 Å². The predicted molar refractivity (Wildman–Crippen MR) is 68.6 cm³/mol. The molecule has 6 heteroatoms. The van der Waals surface area contributed by atoms with Crippen LogP contribution >= 0.6 is 0 Å². The Morgan fingerprint density at radius 2 is 1.89 bits per heavy atom. The van der Waals surface area contributed by atoms with Crippen LogP contribution in [-0.2, 0) is 7.05 Å². The molecule has 2 aromatic rings. The summed E-state index contributed by atoms with van der Waals surface area (Å²) >= 11 is 0. The minimum atomic E-state index is -0.401. The fraction of sp³-hybridized carbons (Fsp3) is 0.308. The quantitative estimate of drug-likeness (QED) is 0.854. The van der Waals surface area contributed by atoms with E-state index in [4.69, 9.17) is 15.2 Å². The molecule has 0 atom stereocenters. The number of aromatic nitrogens is 2. The summed E-state index contributed by atoms with van der Waals surface area (Å²) < 4.78 is 26.6. The van der Waals surface area contributed by atoms with Crippen molar-refractivity contribution in [1.82, 2.24) is 9.78 Å². The maximum atomic E-state index is 14.1. The van der Waals surface area contributed by atoms with Crippen LogP contribution in [0.1, 0.15) is 6.42 Å². The second-order valence-electron chi connectivity index (χ2n) is 4.41. The molecule has 5 nitrogen and oxygen atoms in total. The first-order valence-electron chi connectivity index (χ1n) is 6.04. The molecule has 1 aliphatic heterocycles. The highest BCUT2D eigenvalue weighted by Gasteiger charge is 2.17. The lowest BCUT2D eigenvalue weighted by molar-refractivity contribution is 0.296. The van der Waals surface area contributed by atoms with E-state index in [1.54, 1.807) is 19.2 Å². The molecule has 1 aromatic carbocycles. The molecule has 2 N–H and O–H groups in total. The fourth-order valence-corrected chi connectivity index (χ4v) is 1.99. The van der Waals surface area contributed by atoms with Crippen molar-refractivity contribution in [1.29, 1.82) is 0 Å². The molecule has 100 valence electrons. The largest absolute Gasteiger partial charge is 0.490 e. The van der Waals surface area contributed by atoms with Gasteiger partial charge in [0.05, 0.1) is 18.9 Å². The van der Waals surface area contributed by atoms with Gasteiger partial charge in [0.1, 0.15) is 11.6 Å². The first-order valence-corrected chi connectivity index (χ1v) is 6.04. The average Bonchev–Trinajstić information content (AvgIpc) is 2.60. The van der Waals surface area contributed by atoms with Gasteiger partial charge >= 0.3 is 0 Å². The van der Waals surface area contributed by atoms with E-state index in [1.807, 2.05) is 0 Å². The predicted octanol–water partition coefficient (Wildman–Crippen LogP) is 1.97. The van der Waals surface area contributed by atoms with Gasteiger partial charge in [-0.05, 0) is 6.07 Å². The van der Waals surface area contributed by atoms with E-state index < -0.39 is 5.82 Å². The van der Waals surface area contributed by atoms with Crippen molar-refractivity contribution in [3.05, 3.63) is 24.0 Å². The second kappa shape index (κ2) is 4.46. The number of nitrogen functional groups attached to an aromatic ring is 1. The minimum absolute atomic E-state index is 0.358. The number of hydrogen-bond donors (Lipinski definition) is 1. The molecule has 3 rings (SSSR count). The van der Waals surface area contributed by atoms with Crippen LogP contribution < -0.4 is 15.2 Å². The molecule has 0 bridgehead atoms. The van der Waals surface area contributed by atoms with Crippen molar-refractivity contribution in [2.45, 2.75) is 6.42 Å². The zero-order valence-electron chi connectivity index (χ0n) is 10.5. The van der Waals surface area contributed by atoms with E-state index in [0.717, 1.165) is 6.42 Å². The Bertz CT molecular complexity index is 605. The number of benzene rings is 1. The maximum absolute atomic E-state index is 14.1. The van der Waals surface area contributed by atoms with Crippen molar-refractivity contribution < 1.29 is 13.9 Å². The first kappa shape index (κ1) is 11.8. The highest BCUT2D eigenvalue weighted by atomic mass is 19.1. The van der Waals surface area contributed by atoms with Gasteiger partial charge in [0, 0.05) is 31.2 Å². The first-order chi connectivity index (χ1) is 9.15. The molecular weight excluding hydrogens is 249 g/mol. The third-order valence-electron chi connectivity index (χ3n) is 3.03. The van der Waals surface area contributed by atoms with Gasteiger partial charge in [0.2, 0.25) is 0 Å². The molecule has 0 fully saturated rings. The number of hydrogen-bond acceptors (Lipinski definition) is 4. The summed E-state index contributed by atoms with van der Waals surface area (Å²) in [6.45, 7) is 1.09. The van der Waals surface area contributed by atoms with Crippen molar-refractivity contribution in [2.24, 2.45) is 7.05 Å². The Balaban J connectivity index is 2.09.